The molecule has 1 aromatic heterocycles. The molecule has 1 fully saturated rings. The van der Waals surface area contributed by atoms with Gasteiger partial charge < -0.3 is 14.9 Å². The van der Waals surface area contributed by atoms with E-state index in [1.165, 1.54) is 0 Å². The maximum atomic E-state index is 12.8. The highest BCUT2D eigenvalue weighted by Gasteiger charge is 2.33. The number of hydrogen-bond acceptors (Lipinski definition) is 8. The Hall–Kier alpha value is -2.65. The Morgan fingerprint density at radius 1 is 1.28 bits per heavy atom. The lowest BCUT2D eigenvalue weighted by Crippen LogP contribution is -2.34. The predicted octanol–water partition coefficient (Wildman–Crippen LogP) is 3.21. The lowest BCUT2D eigenvalue weighted by Gasteiger charge is -2.32. The maximum absolute atomic E-state index is 12.8. The molecular weight excluding hydrogens is 426 g/mol. The van der Waals surface area contributed by atoms with Gasteiger partial charge in [0, 0.05) is 32.0 Å². The summed E-state index contributed by atoms with van der Waals surface area (Å²) in [4.78, 5) is 27.4. The fourth-order valence-corrected chi connectivity index (χ4v) is 4.69. The fraction of sp³-hybridized carbons (Fsp3) is 0.478. The summed E-state index contributed by atoms with van der Waals surface area (Å²) in [7, 11) is 1.62. The molecule has 2 aliphatic heterocycles. The summed E-state index contributed by atoms with van der Waals surface area (Å²) in [5, 5.41) is 7.24. The third-order valence-electron chi connectivity index (χ3n) is 5.93. The van der Waals surface area contributed by atoms with E-state index in [2.05, 4.69) is 31.0 Å². The van der Waals surface area contributed by atoms with Crippen molar-refractivity contribution in [3.63, 3.8) is 0 Å². The Balaban J connectivity index is 1.38. The SMILES string of the molecule is COc1cccc(CNC(=O)c2cc(C3=NOC(C4CCN(SC)CC4)C3)nc(C)n2)c1. The third kappa shape index (κ3) is 5.39. The number of carbonyl (C=O) groups excluding carboxylic acids is 1. The number of nitrogens with one attached hydrogen (secondary N) is 1. The molecule has 2 aromatic rings. The van der Waals surface area contributed by atoms with Crippen LogP contribution >= 0.6 is 11.9 Å². The van der Waals surface area contributed by atoms with Crippen LogP contribution in [0.25, 0.3) is 0 Å². The van der Waals surface area contributed by atoms with E-state index in [1.54, 1.807) is 32.0 Å². The normalized spacial score (nSPS) is 19.3. The van der Waals surface area contributed by atoms with E-state index in [0.29, 0.717) is 36.1 Å². The Kier molecular flexibility index (Phi) is 7.26. The van der Waals surface area contributed by atoms with Gasteiger partial charge in [-0.15, -0.1) is 0 Å². The van der Waals surface area contributed by atoms with Crippen molar-refractivity contribution in [2.45, 2.75) is 38.8 Å². The first kappa shape index (κ1) is 22.5. The number of piperidine rings is 1. The van der Waals surface area contributed by atoms with Crippen LogP contribution in [0.2, 0.25) is 0 Å². The zero-order valence-electron chi connectivity index (χ0n) is 18.7. The van der Waals surface area contributed by atoms with E-state index < -0.39 is 0 Å². The number of carbonyl (C=O) groups is 1. The quantitative estimate of drug-likeness (QED) is 0.641. The molecule has 1 atom stereocenters. The third-order valence-corrected chi connectivity index (χ3v) is 6.81. The number of rotatable bonds is 7. The van der Waals surface area contributed by atoms with Gasteiger partial charge in [-0.3, -0.25) is 9.10 Å². The molecule has 170 valence electrons. The molecule has 1 N–H and O–H groups in total. The number of ether oxygens (including phenoxy) is 1. The molecule has 0 aliphatic carbocycles. The second-order valence-electron chi connectivity index (χ2n) is 8.05. The molecule has 0 bridgehead atoms. The van der Waals surface area contributed by atoms with Gasteiger partial charge in [0.05, 0.1) is 12.8 Å². The van der Waals surface area contributed by atoms with Gasteiger partial charge in [-0.05, 0) is 49.8 Å². The van der Waals surface area contributed by atoms with Crippen molar-refractivity contribution < 1.29 is 14.4 Å². The minimum absolute atomic E-state index is 0.0783. The first-order chi connectivity index (χ1) is 15.6. The zero-order chi connectivity index (χ0) is 22.5. The fourth-order valence-electron chi connectivity index (χ4n) is 4.12. The highest BCUT2D eigenvalue weighted by atomic mass is 32.2. The molecule has 1 aromatic carbocycles. The van der Waals surface area contributed by atoms with Crippen LogP contribution < -0.4 is 10.1 Å². The number of aryl methyl sites for hydroxylation is 1. The van der Waals surface area contributed by atoms with Crippen molar-refractivity contribution in [1.29, 1.82) is 0 Å². The molecule has 1 amide bonds. The van der Waals surface area contributed by atoms with Gasteiger partial charge in [0.25, 0.3) is 5.91 Å². The minimum atomic E-state index is -0.250. The van der Waals surface area contributed by atoms with E-state index >= 15 is 0 Å². The van der Waals surface area contributed by atoms with Gasteiger partial charge in [0.2, 0.25) is 0 Å². The monoisotopic (exact) mass is 455 g/mol. The first-order valence-corrected chi connectivity index (χ1v) is 12.0. The predicted molar refractivity (Wildman–Crippen MR) is 125 cm³/mol. The molecule has 0 saturated carbocycles. The van der Waals surface area contributed by atoms with E-state index in [0.717, 1.165) is 43.0 Å². The Labute approximate surface area is 192 Å². The molecule has 32 heavy (non-hydrogen) atoms. The van der Waals surface area contributed by atoms with Crippen LogP contribution in [-0.4, -0.2) is 58.5 Å². The molecule has 2 aliphatic rings. The van der Waals surface area contributed by atoms with E-state index in [9.17, 15) is 4.79 Å². The van der Waals surface area contributed by atoms with Crippen molar-refractivity contribution >= 4 is 23.6 Å². The second kappa shape index (κ2) is 10.3. The Morgan fingerprint density at radius 3 is 2.84 bits per heavy atom. The first-order valence-electron chi connectivity index (χ1n) is 10.8. The standard InChI is InChI=1S/C23H29N5O3S/c1-15-25-19(20-13-22(31-27-20)17-7-9-28(32-3)10-8-17)12-21(26-15)23(29)24-14-16-5-4-6-18(11-16)30-2/h4-6,11-12,17,22H,7-10,13-14H2,1-3H3,(H,24,29). The average molecular weight is 456 g/mol. The number of benzene rings is 1. The summed E-state index contributed by atoms with van der Waals surface area (Å²) in [6, 6.07) is 9.30. The summed E-state index contributed by atoms with van der Waals surface area (Å²) in [5.74, 6) is 1.53. The van der Waals surface area contributed by atoms with Gasteiger partial charge in [-0.1, -0.05) is 29.2 Å². The van der Waals surface area contributed by atoms with E-state index in [-0.39, 0.29) is 12.0 Å². The molecule has 0 spiro atoms. The van der Waals surface area contributed by atoms with Crippen molar-refractivity contribution in [3.05, 3.63) is 53.1 Å². The lowest BCUT2D eigenvalue weighted by atomic mass is 9.89. The van der Waals surface area contributed by atoms with Gasteiger partial charge in [-0.2, -0.15) is 0 Å². The average Bonchev–Trinajstić information content (AvgIpc) is 3.33. The van der Waals surface area contributed by atoms with Crippen molar-refractivity contribution in [1.82, 2.24) is 19.6 Å². The van der Waals surface area contributed by atoms with Crippen LogP contribution in [-0.2, 0) is 11.4 Å². The number of amides is 1. The van der Waals surface area contributed by atoms with Gasteiger partial charge in [0.1, 0.15) is 29.1 Å². The number of methoxy groups -OCH3 is 1. The lowest BCUT2D eigenvalue weighted by molar-refractivity contribution is 0.0233. The largest absolute Gasteiger partial charge is 0.497 e. The maximum Gasteiger partial charge on any atom is 0.270 e. The summed E-state index contributed by atoms with van der Waals surface area (Å²) < 4.78 is 7.62. The van der Waals surface area contributed by atoms with Crippen LogP contribution in [0, 0.1) is 12.8 Å². The van der Waals surface area contributed by atoms with Crippen LogP contribution in [0.15, 0.2) is 35.5 Å². The van der Waals surface area contributed by atoms with Crippen LogP contribution in [0.3, 0.4) is 0 Å². The summed E-state index contributed by atoms with van der Waals surface area (Å²) in [5.41, 5.74) is 2.73. The molecule has 1 saturated heterocycles. The Bertz CT molecular complexity index is 991. The molecule has 0 radical (unpaired) electrons. The second-order valence-corrected chi connectivity index (χ2v) is 8.94. The number of oxime groups is 1. The topological polar surface area (TPSA) is 88.9 Å². The van der Waals surface area contributed by atoms with Gasteiger partial charge >= 0.3 is 0 Å². The van der Waals surface area contributed by atoms with Crippen LogP contribution in [0.1, 0.15) is 46.8 Å². The highest BCUT2D eigenvalue weighted by Crippen LogP contribution is 2.30. The molecule has 9 heteroatoms. The van der Waals surface area contributed by atoms with E-state index in [1.807, 2.05) is 24.3 Å². The summed E-state index contributed by atoms with van der Waals surface area (Å²) in [6.45, 7) is 4.32. The van der Waals surface area contributed by atoms with Crippen LogP contribution in [0.5, 0.6) is 5.75 Å². The van der Waals surface area contributed by atoms with Crippen molar-refractivity contribution in [3.8, 4) is 5.75 Å². The Morgan fingerprint density at radius 2 is 2.09 bits per heavy atom. The highest BCUT2D eigenvalue weighted by molar-refractivity contribution is 7.96. The number of aromatic nitrogens is 2. The molecule has 4 rings (SSSR count). The summed E-state index contributed by atoms with van der Waals surface area (Å²) in [6.07, 6.45) is 5.12. The molecule has 3 heterocycles. The van der Waals surface area contributed by atoms with Gasteiger partial charge in [-0.25, -0.2) is 9.97 Å². The smallest absolute Gasteiger partial charge is 0.270 e. The molecular formula is C23H29N5O3S. The minimum Gasteiger partial charge on any atom is -0.497 e. The summed E-state index contributed by atoms with van der Waals surface area (Å²) >= 11 is 1.80. The van der Waals surface area contributed by atoms with Crippen LogP contribution in [0.4, 0.5) is 0 Å². The molecule has 8 nitrogen and oxygen atoms in total. The molecule has 1 unspecified atom stereocenters. The van der Waals surface area contributed by atoms with Gasteiger partial charge in [0.15, 0.2) is 0 Å². The van der Waals surface area contributed by atoms with Crippen molar-refractivity contribution in [2.24, 2.45) is 11.1 Å². The number of hydrogen-bond donors (Lipinski definition) is 1. The number of nitrogens with zero attached hydrogens (tertiary/aromatic N) is 4. The zero-order valence-corrected chi connectivity index (χ0v) is 19.5. The van der Waals surface area contributed by atoms with Crippen molar-refractivity contribution in [2.75, 3.05) is 26.5 Å². The van der Waals surface area contributed by atoms with E-state index in [4.69, 9.17) is 9.57 Å².